The zero-order valence-electron chi connectivity index (χ0n) is 48.2. The van der Waals surface area contributed by atoms with Gasteiger partial charge in [-0.15, -0.1) is 0 Å². The van der Waals surface area contributed by atoms with Gasteiger partial charge < -0.3 is 20.4 Å². The third-order valence-electron chi connectivity index (χ3n) is 14.7. The van der Waals surface area contributed by atoms with Crippen molar-refractivity contribution in [2.75, 3.05) is 77.6 Å². The monoisotopic (exact) mass is 1470 g/mol. The number of hydrogen-bond acceptors (Lipinski definition) is 29. The van der Waals surface area contributed by atoms with Gasteiger partial charge >= 0.3 is 0 Å². The average molecular weight is 1470 g/mol. The molecular formula is C53H43Cl2N15O20S6. The molecule has 0 bridgehead atoms. The number of nitrogens with zero attached hydrogens (tertiary/aromatic N) is 11. The summed E-state index contributed by atoms with van der Waals surface area (Å²) in [5, 5.41) is 11.7. The molecule has 6 aromatic carbocycles. The summed E-state index contributed by atoms with van der Waals surface area (Å²) in [5.41, 5.74) is 1.63. The molecule has 11 rings (SSSR count). The smallest absolute Gasteiger partial charge is 0.297 e. The van der Waals surface area contributed by atoms with Crippen molar-refractivity contribution in [3.05, 3.63) is 140 Å². The van der Waals surface area contributed by atoms with E-state index in [0.29, 0.717) is 32.7 Å². The molecule has 2 aromatic heterocycles. The van der Waals surface area contributed by atoms with E-state index in [4.69, 9.17) is 23.2 Å². The molecule has 500 valence electrons. The maximum Gasteiger partial charge on any atom is 0.297 e. The van der Waals surface area contributed by atoms with Gasteiger partial charge in [0.1, 0.15) is 29.4 Å². The van der Waals surface area contributed by atoms with Gasteiger partial charge in [-0.05, 0) is 107 Å². The fraction of sp³-hybridized carbons (Fsp3) is 0.132. The standard InChI is InChI=1S/C53H43Cl2N15O20S6/c1-68(29-9-11-31-27(23-29)25-41(94(82,83)84)43(45(31)72)67-65-37-15-13-33-35(47(37)96(88,89)90)5-3-7-39(33)92(76,77)78)52-60-49(55)61-53(63-52)70-20-18-69(19-21-70)17-16-56-50-58-48(54)59-51(62-50)57-28-8-10-30-26(22-28)24-40(93(79,80)81)42(44(30)71)66-64-36-14-12-32-34(46(36)95(85,86)87)4-2-6-38(32)91(73,74)75/h2-15,22-25,64-65H,16-21H2,1H3,(H,73,74,75)(H,76,77,78)(H,79,80,81)(H,82,83,84)(H,85,86,87)(H,88,89,90)(H2,56,57,58,59,62)/b66-42+,67-43+. The second kappa shape index (κ2) is 25.4. The number of piperazine rings is 1. The summed E-state index contributed by atoms with van der Waals surface area (Å²) in [5.74, 6) is -1.97. The summed E-state index contributed by atoms with van der Waals surface area (Å²) in [7, 11) is -29.2. The fourth-order valence-electron chi connectivity index (χ4n) is 10.4. The summed E-state index contributed by atoms with van der Waals surface area (Å²) in [4.78, 5) is 53.7. The van der Waals surface area contributed by atoms with Crippen LogP contribution in [-0.2, 0) is 60.7 Å². The molecule has 0 amide bonds. The van der Waals surface area contributed by atoms with Gasteiger partial charge in [0.2, 0.25) is 45.9 Å². The Hall–Kier alpha value is -9.18. The second-order valence-corrected chi connectivity index (χ2v) is 29.7. The van der Waals surface area contributed by atoms with E-state index in [2.05, 4.69) is 66.5 Å². The van der Waals surface area contributed by atoms with Crippen LogP contribution in [0, 0.1) is 0 Å². The molecule has 1 aliphatic heterocycles. The highest BCUT2D eigenvalue weighted by molar-refractivity contribution is 7.91. The molecule has 8 aromatic rings. The zero-order chi connectivity index (χ0) is 69.4. The van der Waals surface area contributed by atoms with Gasteiger partial charge in [-0.25, -0.2) is 0 Å². The molecule has 1 saturated heterocycles. The number of rotatable bonds is 19. The highest BCUT2D eigenvalue weighted by Crippen LogP contribution is 2.38. The number of carbonyl (C=O) groups excluding carboxylic acids is 2. The second-order valence-electron chi connectivity index (χ2n) is 20.7. The number of fused-ring (bicyclic) bond motifs is 4. The third-order valence-corrected chi connectivity index (χ3v) is 20.5. The lowest BCUT2D eigenvalue weighted by atomic mass is 9.94. The molecule has 0 unspecified atom stereocenters. The lowest BCUT2D eigenvalue weighted by Crippen LogP contribution is -2.48. The molecule has 35 nitrogen and oxygen atoms in total. The molecule has 0 saturated carbocycles. The number of carbonyl (C=O) groups is 2. The predicted octanol–water partition coefficient (Wildman–Crippen LogP) is 5.19. The third kappa shape index (κ3) is 14.2. The van der Waals surface area contributed by atoms with E-state index in [1.165, 1.54) is 41.3 Å². The summed E-state index contributed by atoms with van der Waals surface area (Å²) < 4.78 is 210. The Labute approximate surface area is 552 Å². The Morgan fingerprint density at radius 2 is 1.01 bits per heavy atom. The average Bonchev–Trinajstić information content (AvgIpc) is 0.769. The minimum absolute atomic E-state index is 0.0217. The van der Waals surface area contributed by atoms with Gasteiger partial charge in [0.25, 0.3) is 60.7 Å². The largest absolute Gasteiger partial charge is 0.353 e. The van der Waals surface area contributed by atoms with Crippen molar-refractivity contribution in [3.63, 3.8) is 0 Å². The summed E-state index contributed by atoms with van der Waals surface area (Å²) in [6.45, 7) is 2.52. The molecule has 3 aliphatic rings. The van der Waals surface area contributed by atoms with Gasteiger partial charge in [-0.3, -0.25) is 52.7 Å². The van der Waals surface area contributed by atoms with E-state index < -0.39 is 135 Å². The van der Waals surface area contributed by atoms with Crippen molar-refractivity contribution in [2.24, 2.45) is 10.2 Å². The Kier molecular flexibility index (Phi) is 18.1. The van der Waals surface area contributed by atoms with Gasteiger partial charge in [0.05, 0.1) is 11.4 Å². The number of hydrazone groups is 2. The molecule has 43 heteroatoms. The van der Waals surface area contributed by atoms with E-state index in [0.717, 1.165) is 72.8 Å². The van der Waals surface area contributed by atoms with Gasteiger partial charge in [0.15, 0.2) is 11.4 Å². The highest BCUT2D eigenvalue weighted by atomic mass is 35.5. The van der Waals surface area contributed by atoms with Crippen molar-refractivity contribution >= 4 is 187 Å². The van der Waals surface area contributed by atoms with E-state index in [-0.39, 0.29) is 85.3 Å². The normalized spacial score (nSPS) is 15.9. The molecular weight excluding hydrogens is 1430 g/mol. The molecule has 2 aliphatic carbocycles. The lowest BCUT2D eigenvalue weighted by Gasteiger charge is -2.34. The minimum Gasteiger partial charge on any atom is -0.353 e. The Balaban J connectivity index is 0.729. The first-order valence-corrected chi connectivity index (χ1v) is 36.3. The van der Waals surface area contributed by atoms with Crippen LogP contribution in [0.15, 0.2) is 137 Å². The Bertz CT molecular complexity index is 5570. The molecule has 1 fully saturated rings. The number of benzene rings is 6. The number of hydrogen-bond donors (Lipinski definition) is 10. The molecule has 10 N–H and O–H groups in total. The predicted molar refractivity (Wildman–Crippen MR) is 348 cm³/mol. The van der Waals surface area contributed by atoms with Crippen molar-refractivity contribution in [1.82, 2.24) is 34.8 Å². The number of aromatic nitrogens is 6. The van der Waals surface area contributed by atoms with Gasteiger partial charge in [0, 0.05) is 90.4 Å². The minimum atomic E-state index is -5.26. The van der Waals surface area contributed by atoms with Crippen LogP contribution >= 0.6 is 23.2 Å². The highest BCUT2D eigenvalue weighted by Gasteiger charge is 2.36. The maximum atomic E-state index is 14.0. The Morgan fingerprint density at radius 3 is 1.51 bits per heavy atom. The fourth-order valence-corrected chi connectivity index (χ4v) is 15.2. The number of anilines is 8. The summed E-state index contributed by atoms with van der Waals surface area (Å²) in [6.07, 6.45) is 1.83. The molecule has 3 heterocycles. The van der Waals surface area contributed by atoms with Crippen LogP contribution in [0.2, 0.25) is 10.6 Å². The summed E-state index contributed by atoms with van der Waals surface area (Å²) in [6, 6.07) is 18.4. The molecule has 96 heavy (non-hydrogen) atoms. The maximum absolute atomic E-state index is 14.0. The van der Waals surface area contributed by atoms with Crippen LogP contribution in [0.4, 0.5) is 46.5 Å². The summed E-state index contributed by atoms with van der Waals surface area (Å²) >= 11 is 12.7. The number of nitrogens with one attached hydrogen (secondary N) is 4. The van der Waals surface area contributed by atoms with Crippen molar-refractivity contribution in [1.29, 1.82) is 0 Å². The Morgan fingerprint density at radius 1 is 0.521 bits per heavy atom. The van der Waals surface area contributed by atoms with Crippen LogP contribution in [0.3, 0.4) is 0 Å². The van der Waals surface area contributed by atoms with E-state index in [1.807, 2.05) is 4.90 Å². The van der Waals surface area contributed by atoms with Gasteiger partial charge in [-0.1, -0.05) is 36.4 Å². The van der Waals surface area contributed by atoms with E-state index in [1.54, 1.807) is 7.05 Å². The van der Waals surface area contributed by atoms with E-state index in [9.17, 15) is 87.4 Å². The first kappa shape index (κ1) is 68.2. The van der Waals surface area contributed by atoms with Gasteiger partial charge in [-0.2, -0.15) is 90.6 Å². The number of halogens is 2. The SMILES string of the molecule is CN(c1ccc2c(c1)C=C(S(=O)(=O)O)/C(=N\Nc1ccc3c(S(=O)(=O)O)cccc3c1S(=O)(=O)O)C2=O)c1nc(Cl)nc(N2CCN(CCNc3nc(Cl)nc(Nc4ccc5c(c4)C=C(S(=O)(=O)O)/C(=N\Nc4ccc6c(S(=O)(=O)O)cccc6c4S(=O)(=O)O)C5=O)n3)CC2)n1. The quantitative estimate of drug-likeness (QED) is 0.0368. The van der Waals surface area contributed by atoms with Crippen LogP contribution in [0.25, 0.3) is 33.7 Å². The molecule has 0 radical (unpaired) electrons. The molecule has 0 spiro atoms. The first-order chi connectivity index (χ1) is 44.9. The van der Waals surface area contributed by atoms with Crippen molar-refractivity contribution < 1.29 is 87.4 Å². The van der Waals surface area contributed by atoms with E-state index >= 15 is 0 Å². The topological polar surface area (TPSA) is 520 Å². The van der Waals surface area contributed by atoms with Crippen LogP contribution in [0.1, 0.15) is 31.8 Å². The number of allylic oxidation sites excluding steroid dienone is 2. The molecule has 0 atom stereocenters. The van der Waals surface area contributed by atoms with Crippen LogP contribution in [-0.4, -0.2) is 182 Å². The van der Waals surface area contributed by atoms with Crippen molar-refractivity contribution in [2.45, 2.75) is 19.6 Å². The first-order valence-electron chi connectivity index (χ1n) is 26.9. The number of Topliss-reactive ketones (excluding diaryl/α,β-unsaturated/α-hetero) is 2. The van der Waals surface area contributed by atoms with Crippen LogP contribution < -0.4 is 31.3 Å². The number of ketones is 2. The zero-order valence-corrected chi connectivity index (χ0v) is 54.6. The van der Waals surface area contributed by atoms with Crippen molar-refractivity contribution in [3.8, 4) is 0 Å². The van der Waals surface area contributed by atoms with Crippen LogP contribution in [0.5, 0.6) is 0 Å². The lowest BCUT2D eigenvalue weighted by molar-refractivity contribution is 0.105.